The van der Waals surface area contributed by atoms with Crippen LogP contribution in [0.2, 0.25) is 10.0 Å². The molecule has 0 spiro atoms. The Bertz CT molecular complexity index is 1220. The molecule has 4 aromatic rings. The fourth-order valence-electron chi connectivity index (χ4n) is 3.04. The summed E-state index contributed by atoms with van der Waals surface area (Å²) in [7, 11) is 0. The highest BCUT2D eigenvalue weighted by atomic mass is 35.5. The number of hydrogen-bond donors (Lipinski definition) is 2. The quantitative estimate of drug-likeness (QED) is 0.410. The number of amides is 1. The lowest BCUT2D eigenvalue weighted by atomic mass is 10.1. The first-order valence-corrected chi connectivity index (χ1v) is 9.65. The topological polar surface area (TPSA) is 72.9 Å². The molecule has 4 rings (SSSR count). The fourth-order valence-corrected chi connectivity index (χ4v) is 3.61. The Balaban J connectivity index is 1.66. The molecule has 5 nitrogen and oxygen atoms in total. The summed E-state index contributed by atoms with van der Waals surface area (Å²) in [5.74, 6) is -0.998. The SMILES string of the molecule is NC(=O)c1nn(-c2c(Cl)cccc2Cl)cc1Nc1ccc(-c2cccc(F)c2)cc1. The van der Waals surface area contributed by atoms with Gasteiger partial charge in [-0.1, -0.05) is 53.5 Å². The van der Waals surface area contributed by atoms with Gasteiger partial charge in [-0.05, 0) is 47.5 Å². The number of aromatic nitrogens is 2. The van der Waals surface area contributed by atoms with E-state index in [4.69, 9.17) is 28.9 Å². The molecule has 3 N–H and O–H groups in total. The van der Waals surface area contributed by atoms with Crippen LogP contribution in [-0.4, -0.2) is 15.7 Å². The van der Waals surface area contributed by atoms with Gasteiger partial charge in [0, 0.05) is 5.69 Å². The number of anilines is 2. The van der Waals surface area contributed by atoms with E-state index in [0.29, 0.717) is 27.1 Å². The Kier molecular flexibility index (Phi) is 5.44. The molecule has 0 fully saturated rings. The number of primary amides is 1. The molecule has 0 aliphatic rings. The molecule has 0 saturated heterocycles. The van der Waals surface area contributed by atoms with E-state index in [9.17, 15) is 9.18 Å². The lowest BCUT2D eigenvalue weighted by Gasteiger charge is -2.07. The van der Waals surface area contributed by atoms with E-state index >= 15 is 0 Å². The third-order valence-electron chi connectivity index (χ3n) is 4.44. The summed E-state index contributed by atoms with van der Waals surface area (Å²) < 4.78 is 14.9. The summed E-state index contributed by atoms with van der Waals surface area (Å²) >= 11 is 12.5. The molecular formula is C22H15Cl2FN4O. The Morgan fingerprint density at radius 2 is 1.63 bits per heavy atom. The Labute approximate surface area is 181 Å². The second-order valence-corrected chi connectivity index (χ2v) is 7.30. The molecule has 0 aliphatic carbocycles. The number of benzene rings is 3. The molecule has 30 heavy (non-hydrogen) atoms. The number of carbonyl (C=O) groups is 1. The number of nitrogens with one attached hydrogen (secondary N) is 1. The number of hydrogen-bond acceptors (Lipinski definition) is 3. The molecule has 0 atom stereocenters. The number of nitrogens with two attached hydrogens (primary N) is 1. The van der Waals surface area contributed by atoms with Gasteiger partial charge in [-0.3, -0.25) is 4.79 Å². The van der Waals surface area contributed by atoms with Crippen LogP contribution in [0, 0.1) is 5.82 Å². The molecular weight excluding hydrogens is 426 g/mol. The molecule has 0 unspecified atom stereocenters. The zero-order chi connectivity index (χ0) is 21.3. The predicted octanol–water partition coefficient (Wildman–Crippen LogP) is 5.83. The van der Waals surface area contributed by atoms with Crippen molar-refractivity contribution in [1.29, 1.82) is 0 Å². The van der Waals surface area contributed by atoms with Crippen molar-refractivity contribution < 1.29 is 9.18 Å². The van der Waals surface area contributed by atoms with Crippen LogP contribution in [0.5, 0.6) is 0 Å². The van der Waals surface area contributed by atoms with Crippen LogP contribution < -0.4 is 11.1 Å². The van der Waals surface area contributed by atoms with Gasteiger partial charge in [-0.2, -0.15) is 5.10 Å². The highest BCUT2D eigenvalue weighted by molar-refractivity contribution is 6.37. The smallest absolute Gasteiger partial charge is 0.271 e. The molecule has 0 aliphatic heterocycles. The molecule has 0 saturated carbocycles. The lowest BCUT2D eigenvalue weighted by Crippen LogP contribution is -2.14. The summed E-state index contributed by atoms with van der Waals surface area (Å²) in [5, 5.41) is 8.13. The minimum Gasteiger partial charge on any atom is -0.364 e. The van der Waals surface area contributed by atoms with Gasteiger partial charge in [0.15, 0.2) is 5.69 Å². The highest BCUT2D eigenvalue weighted by Crippen LogP contribution is 2.31. The van der Waals surface area contributed by atoms with E-state index in [1.807, 2.05) is 30.3 Å². The summed E-state index contributed by atoms with van der Waals surface area (Å²) in [6, 6.07) is 18.7. The highest BCUT2D eigenvalue weighted by Gasteiger charge is 2.18. The van der Waals surface area contributed by atoms with Gasteiger partial charge in [0.25, 0.3) is 5.91 Å². The number of carbonyl (C=O) groups excluding carboxylic acids is 1. The first kappa shape index (κ1) is 19.9. The summed E-state index contributed by atoms with van der Waals surface area (Å²) in [6.45, 7) is 0. The van der Waals surface area contributed by atoms with E-state index in [0.717, 1.165) is 11.1 Å². The molecule has 3 aromatic carbocycles. The zero-order valence-corrected chi connectivity index (χ0v) is 17.0. The fraction of sp³-hybridized carbons (Fsp3) is 0. The number of para-hydroxylation sites is 1. The van der Waals surface area contributed by atoms with Crippen molar-refractivity contribution in [1.82, 2.24) is 9.78 Å². The maximum absolute atomic E-state index is 13.5. The number of halogens is 3. The molecule has 1 heterocycles. The van der Waals surface area contributed by atoms with Crippen LogP contribution >= 0.6 is 23.2 Å². The summed E-state index contributed by atoms with van der Waals surface area (Å²) in [5.41, 5.74) is 8.69. The van der Waals surface area contributed by atoms with Gasteiger partial charge in [0.2, 0.25) is 0 Å². The molecule has 150 valence electrons. The van der Waals surface area contributed by atoms with E-state index < -0.39 is 5.91 Å². The second-order valence-electron chi connectivity index (χ2n) is 6.48. The van der Waals surface area contributed by atoms with Crippen LogP contribution in [0.4, 0.5) is 15.8 Å². The van der Waals surface area contributed by atoms with Crippen LogP contribution in [0.15, 0.2) is 72.9 Å². The van der Waals surface area contributed by atoms with Crippen molar-refractivity contribution in [2.24, 2.45) is 5.73 Å². The Morgan fingerprint density at radius 3 is 2.27 bits per heavy atom. The normalized spacial score (nSPS) is 10.8. The van der Waals surface area contributed by atoms with E-state index in [1.54, 1.807) is 30.5 Å². The van der Waals surface area contributed by atoms with Gasteiger partial charge >= 0.3 is 0 Å². The molecule has 0 bridgehead atoms. The van der Waals surface area contributed by atoms with Gasteiger partial charge in [0.1, 0.15) is 11.5 Å². The van der Waals surface area contributed by atoms with Crippen molar-refractivity contribution in [2.45, 2.75) is 0 Å². The monoisotopic (exact) mass is 440 g/mol. The molecule has 1 aromatic heterocycles. The van der Waals surface area contributed by atoms with Crippen molar-refractivity contribution in [3.63, 3.8) is 0 Å². The van der Waals surface area contributed by atoms with Gasteiger partial charge in [-0.15, -0.1) is 0 Å². The zero-order valence-electron chi connectivity index (χ0n) is 15.4. The third kappa shape index (κ3) is 4.01. The average Bonchev–Trinajstić information content (AvgIpc) is 3.12. The molecule has 8 heteroatoms. The Hall–Kier alpha value is -3.35. The number of rotatable bonds is 5. The van der Waals surface area contributed by atoms with Crippen LogP contribution in [0.1, 0.15) is 10.5 Å². The van der Waals surface area contributed by atoms with Crippen molar-refractivity contribution in [2.75, 3.05) is 5.32 Å². The van der Waals surface area contributed by atoms with E-state index in [1.165, 1.54) is 16.8 Å². The Morgan fingerprint density at radius 1 is 0.967 bits per heavy atom. The largest absolute Gasteiger partial charge is 0.364 e. The second kappa shape index (κ2) is 8.18. The summed E-state index contributed by atoms with van der Waals surface area (Å²) in [4.78, 5) is 11.9. The number of nitrogens with zero attached hydrogens (tertiary/aromatic N) is 2. The van der Waals surface area contributed by atoms with Gasteiger partial charge in [0.05, 0.1) is 21.9 Å². The predicted molar refractivity (Wildman–Crippen MR) is 117 cm³/mol. The van der Waals surface area contributed by atoms with Gasteiger partial charge < -0.3 is 11.1 Å². The maximum atomic E-state index is 13.5. The van der Waals surface area contributed by atoms with Crippen molar-refractivity contribution in [3.05, 3.63) is 94.5 Å². The van der Waals surface area contributed by atoms with Gasteiger partial charge in [-0.25, -0.2) is 9.07 Å². The minimum atomic E-state index is -0.698. The van der Waals surface area contributed by atoms with Crippen molar-refractivity contribution >= 4 is 40.5 Å². The average molecular weight is 441 g/mol. The first-order valence-electron chi connectivity index (χ1n) is 8.89. The minimum absolute atomic E-state index is 0.0418. The molecule has 1 amide bonds. The molecule has 0 radical (unpaired) electrons. The van der Waals surface area contributed by atoms with E-state index in [2.05, 4.69) is 10.4 Å². The van der Waals surface area contributed by atoms with Crippen molar-refractivity contribution in [3.8, 4) is 16.8 Å². The van der Waals surface area contributed by atoms with E-state index in [-0.39, 0.29) is 11.5 Å². The third-order valence-corrected chi connectivity index (χ3v) is 5.05. The van der Waals surface area contributed by atoms with Crippen LogP contribution in [0.3, 0.4) is 0 Å². The van der Waals surface area contributed by atoms with Crippen LogP contribution in [0.25, 0.3) is 16.8 Å². The lowest BCUT2D eigenvalue weighted by molar-refractivity contribution is 0.0996. The maximum Gasteiger partial charge on any atom is 0.271 e. The standard InChI is InChI=1S/C22H15Cl2FN4O/c23-17-5-2-6-18(24)21(17)29-12-19(20(28-29)22(26)30)27-16-9-7-13(8-10-16)14-3-1-4-15(25)11-14/h1-12,27H,(H2,26,30). The summed E-state index contributed by atoms with van der Waals surface area (Å²) in [6.07, 6.45) is 1.59. The first-order chi connectivity index (χ1) is 14.4. The van der Waals surface area contributed by atoms with Crippen LogP contribution in [-0.2, 0) is 0 Å².